The lowest BCUT2D eigenvalue weighted by molar-refractivity contribution is -0.350. The van der Waals surface area contributed by atoms with Gasteiger partial charge >= 0.3 is 29.8 Å². The van der Waals surface area contributed by atoms with Crippen molar-refractivity contribution in [2.45, 2.75) is 102 Å². The Morgan fingerprint density at radius 3 is 1.60 bits per heavy atom. The second-order valence-corrected chi connectivity index (χ2v) is 13.4. The molecule has 5 rings (SSSR count). The van der Waals surface area contributed by atoms with E-state index in [-0.39, 0.29) is 17.5 Å². The quantitative estimate of drug-likeness (QED) is 0.343. The van der Waals surface area contributed by atoms with Gasteiger partial charge in [-0.2, -0.15) is 0 Å². The summed E-state index contributed by atoms with van der Waals surface area (Å²) in [6.07, 6.45) is -7.32. The largest absolute Gasteiger partial charge is 0.459 e. The number of esters is 5. The summed E-state index contributed by atoms with van der Waals surface area (Å²) in [4.78, 5) is 65.6. The molecule has 252 valence electrons. The number of hydrogen-bond acceptors (Lipinski definition) is 12. The van der Waals surface area contributed by atoms with E-state index in [1.54, 1.807) is 50.2 Å². The fraction of sp³-hybridized carbons (Fsp3) is 0.514. The third kappa shape index (κ3) is 5.57. The van der Waals surface area contributed by atoms with Crippen molar-refractivity contribution in [3.05, 3.63) is 71.8 Å². The highest BCUT2D eigenvalue weighted by Crippen LogP contribution is 2.69. The van der Waals surface area contributed by atoms with Crippen LogP contribution in [0, 0.1) is 11.3 Å². The molecule has 3 fully saturated rings. The van der Waals surface area contributed by atoms with Gasteiger partial charge in [0.2, 0.25) is 0 Å². The number of fused-ring (bicyclic) bond motifs is 1. The summed E-state index contributed by atoms with van der Waals surface area (Å²) in [5, 5.41) is 12.5. The molecular weight excluding hydrogens is 612 g/mol. The van der Waals surface area contributed by atoms with Gasteiger partial charge in [-0.1, -0.05) is 36.4 Å². The molecule has 1 saturated heterocycles. The Labute approximate surface area is 272 Å². The maximum absolute atomic E-state index is 13.8. The Hall–Kier alpha value is -4.29. The van der Waals surface area contributed by atoms with E-state index in [9.17, 15) is 29.1 Å². The molecule has 47 heavy (non-hydrogen) atoms. The third-order valence-corrected chi connectivity index (χ3v) is 9.72. The van der Waals surface area contributed by atoms with Gasteiger partial charge in [-0.05, 0) is 52.0 Å². The zero-order valence-corrected chi connectivity index (χ0v) is 27.4. The molecule has 2 aromatic rings. The van der Waals surface area contributed by atoms with Crippen molar-refractivity contribution in [3.63, 3.8) is 0 Å². The standard InChI is InChI=1S/C35H40O12/c1-19(36)42-24-18-33(6,41)35-28(44-21(3)38)25(32(4,5)47-35)26(43-20(2)37)29(46-31(40)23-16-12-9-13-17-23)34(35,7)27(24)45-30(39)22-14-10-8-11-15-22/h8-17,24-29,41H,18H2,1-7H3. The maximum Gasteiger partial charge on any atom is 0.338 e. The molecule has 1 aliphatic heterocycles. The Balaban J connectivity index is 1.81. The molecule has 0 amide bonds. The van der Waals surface area contributed by atoms with Crippen molar-refractivity contribution in [2.75, 3.05) is 0 Å². The molecule has 0 aromatic heterocycles. The number of rotatable bonds is 7. The molecule has 0 radical (unpaired) electrons. The van der Waals surface area contributed by atoms with Crippen molar-refractivity contribution in [1.29, 1.82) is 0 Å². The first-order valence-electron chi connectivity index (χ1n) is 15.4. The SMILES string of the molecule is CC(=O)OC1CC(C)(O)C23OC(C)(C)C(C(OC(C)=O)C(OC(=O)c4ccccc4)C2(C)C1OC(=O)c1ccccc1)C3OC(C)=O. The summed E-state index contributed by atoms with van der Waals surface area (Å²) >= 11 is 0. The molecule has 3 aliphatic rings. The lowest BCUT2D eigenvalue weighted by Gasteiger charge is -2.65. The summed E-state index contributed by atoms with van der Waals surface area (Å²) in [7, 11) is 0. The summed E-state index contributed by atoms with van der Waals surface area (Å²) in [6.45, 7) is 9.87. The lowest BCUT2D eigenvalue weighted by atomic mass is 9.46. The van der Waals surface area contributed by atoms with E-state index in [0.29, 0.717) is 0 Å². The second kappa shape index (κ2) is 12.1. The van der Waals surface area contributed by atoms with Gasteiger partial charge in [0.25, 0.3) is 0 Å². The van der Waals surface area contributed by atoms with Crippen molar-refractivity contribution in [1.82, 2.24) is 0 Å². The molecule has 12 nitrogen and oxygen atoms in total. The van der Waals surface area contributed by atoms with Gasteiger partial charge in [0.05, 0.1) is 33.7 Å². The molecule has 2 aliphatic carbocycles. The van der Waals surface area contributed by atoms with Crippen molar-refractivity contribution in [2.24, 2.45) is 11.3 Å². The number of carbonyl (C=O) groups is 5. The average Bonchev–Trinajstić information content (AvgIpc) is 3.19. The van der Waals surface area contributed by atoms with Gasteiger partial charge < -0.3 is 33.5 Å². The van der Waals surface area contributed by atoms with Crippen LogP contribution in [0.3, 0.4) is 0 Å². The van der Waals surface area contributed by atoms with Gasteiger partial charge in [-0.25, -0.2) is 9.59 Å². The number of aliphatic hydroxyl groups is 1. The molecule has 2 aromatic carbocycles. The lowest BCUT2D eigenvalue weighted by Crippen LogP contribution is -2.83. The second-order valence-electron chi connectivity index (χ2n) is 13.4. The zero-order valence-electron chi connectivity index (χ0n) is 27.4. The van der Waals surface area contributed by atoms with Crippen LogP contribution in [0.1, 0.15) is 75.6 Å². The smallest absolute Gasteiger partial charge is 0.338 e. The van der Waals surface area contributed by atoms with Crippen molar-refractivity contribution >= 4 is 29.8 Å². The Morgan fingerprint density at radius 1 is 0.660 bits per heavy atom. The minimum Gasteiger partial charge on any atom is -0.459 e. The highest BCUT2D eigenvalue weighted by molar-refractivity contribution is 5.90. The molecule has 12 heteroatoms. The first-order chi connectivity index (χ1) is 22.0. The molecular formula is C35H40O12. The highest BCUT2D eigenvalue weighted by Gasteiger charge is 2.87. The number of hydrogen-bond donors (Lipinski definition) is 1. The van der Waals surface area contributed by atoms with E-state index >= 15 is 0 Å². The van der Waals surface area contributed by atoms with Gasteiger partial charge in [0.15, 0.2) is 12.2 Å². The van der Waals surface area contributed by atoms with Crippen LogP contribution >= 0.6 is 0 Å². The van der Waals surface area contributed by atoms with E-state index in [1.165, 1.54) is 58.9 Å². The van der Waals surface area contributed by atoms with Crippen LogP contribution in [0.5, 0.6) is 0 Å². The van der Waals surface area contributed by atoms with Crippen LogP contribution in [0.2, 0.25) is 0 Å². The molecule has 1 heterocycles. The third-order valence-electron chi connectivity index (χ3n) is 9.72. The van der Waals surface area contributed by atoms with Gasteiger partial charge in [-0.3, -0.25) is 14.4 Å². The van der Waals surface area contributed by atoms with Crippen LogP contribution in [0.4, 0.5) is 0 Å². The van der Waals surface area contributed by atoms with Crippen LogP contribution < -0.4 is 0 Å². The van der Waals surface area contributed by atoms with Crippen molar-refractivity contribution < 1.29 is 57.5 Å². The first kappa shape index (κ1) is 34.1. The summed E-state index contributed by atoms with van der Waals surface area (Å²) in [5.41, 5.74) is -6.83. The van der Waals surface area contributed by atoms with Gasteiger partial charge in [-0.15, -0.1) is 0 Å². The zero-order chi connectivity index (χ0) is 34.5. The highest BCUT2D eigenvalue weighted by atomic mass is 16.6. The molecule has 1 spiro atoms. The number of carbonyl (C=O) groups excluding carboxylic acids is 5. The predicted octanol–water partition coefficient (Wildman–Crippen LogP) is 3.57. The minimum absolute atomic E-state index is 0.163. The van der Waals surface area contributed by atoms with Crippen LogP contribution in [-0.2, 0) is 42.8 Å². The van der Waals surface area contributed by atoms with Crippen LogP contribution in [-0.4, -0.2) is 82.3 Å². The number of benzene rings is 2. The van der Waals surface area contributed by atoms with E-state index in [2.05, 4.69) is 0 Å². The number of ether oxygens (including phenoxy) is 6. The monoisotopic (exact) mass is 652 g/mol. The molecule has 2 saturated carbocycles. The maximum atomic E-state index is 13.8. The van der Waals surface area contributed by atoms with Crippen LogP contribution in [0.25, 0.3) is 0 Å². The summed E-state index contributed by atoms with van der Waals surface area (Å²) in [6, 6.07) is 16.1. The fourth-order valence-electron chi connectivity index (χ4n) is 8.17. The Bertz CT molecular complexity index is 1550. The molecule has 1 N–H and O–H groups in total. The summed E-state index contributed by atoms with van der Waals surface area (Å²) < 4.78 is 37.0. The van der Waals surface area contributed by atoms with E-state index in [4.69, 9.17) is 28.4 Å². The summed E-state index contributed by atoms with van der Waals surface area (Å²) in [5.74, 6) is -4.81. The molecule has 2 bridgehead atoms. The van der Waals surface area contributed by atoms with Crippen LogP contribution in [0.15, 0.2) is 60.7 Å². The molecule has 9 atom stereocenters. The fourth-order valence-corrected chi connectivity index (χ4v) is 8.17. The predicted molar refractivity (Wildman–Crippen MR) is 163 cm³/mol. The average molecular weight is 653 g/mol. The topological polar surface area (TPSA) is 161 Å². The van der Waals surface area contributed by atoms with Gasteiger partial charge in [0, 0.05) is 27.2 Å². The van der Waals surface area contributed by atoms with E-state index < -0.39 is 88.5 Å². The minimum atomic E-state index is -1.98. The molecule has 9 unspecified atom stereocenters. The normalized spacial score (nSPS) is 35.1. The Kier molecular flexibility index (Phi) is 8.74. The van der Waals surface area contributed by atoms with Crippen molar-refractivity contribution in [3.8, 4) is 0 Å². The van der Waals surface area contributed by atoms with E-state index in [1.807, 2.05) is 0 Å². The van der Waals surface area contributed by atoms with E-state index in [0.717, 1.165) is 0 Å². The first-order valence-corrected chi connectivity index (χ1v) is 15.4. The van der Waals surface area contributed by atoms with Gasteiger partial charge in [0.1, 0.15) is 23.9 Å². The Morgan fingerprint density at radius 2 is 1.13 bits per heavy atom.